The smallest absolute Gasteiger partial charge is 0.265 e. The number of benzene rings is 1. The van der Waals surface area contributed by atoms with Gasteiger partial charge in [-0.15, -0.1) is 11.3 Å². The molecule has 0 atom stereocenters. The van der Waals surface area contributed by atoms with E-state index in [1.165, 1.54) is 33.3 Å². The van der Waals surface area contributed by atoms with Crippen molar-refractivity contribution in [2.75, 3.05) is 18.4 Å². The van der Waals surface area contributed by atoms with Crippen molar-refractivity contribution in [3.05, 3.63) is 45.6 Å². The van der Waals surface area contributed by atoms with Crippen molar-refractivity contribution in [3.8, 4) is 0 Å². The van der Waals surface area contributed by atoms with Crippen molar-refractivity contribution in [2.24, 2.45) is 0 Å². The predicted octanol–water partition coefficient (Wildman–Crippen LogP) is 3.52. The lowest BCUT2D eigenvalue weighted by molar-refractivity contribution is 0.103. The Balaban J connectivity index is 1.73. The quantitative estimate of drug-likeness (QED) is 0.836. The first kappa shape index (κ1) is 18.1. The molecule has 1 N–H and O–H groups in total. The topological polar surface area (TPSA) is 66.5 Å². The summed E-state index contributed by atoms with van der Waals surface area (Å²) in [5.74, 6) is -0.140. The van der Waals surface area contributed by atoms with Gasteiger partial charge in [-0.1, -0.05) is 13.8 Å². The summed E-state index contributed by atoms with van der Waals surface area (Å²) in [6.07, 6.45) is 3.29. The van der Waals surface area contributed by atoms with Gasteiger partial charge in [-0.2, -0.15) is 4.31 Å². The Bertz CT molecular complexity index is 845. The molecule has 0 radical (unpaired) electrons. The molecule has 0 spiro atoms. The lowest BCUT2D eigenvalue weighted by Gasteiger charge is -2.18. The zero-order valence-corrected chi connectivity index (χ0v) is 16.0. The minimum atomic E-state index is -3.47. The number of sulfonamides is 1. The van der Waals surface area contributed by atoms with Crippen LogP contribution in [0.15, 0.2) is 35.2 Å². The van der Waals surface area contributed by atoms with Crippen LogP contribution in [-0.2, 0) is 22.9 Å². The van der Waals surface area contributed by atoms with E-state index in [4.69, 9.17) is 0 Å². The SMILES string of the molecule is CCN(CC)S(=O)(=O)c1ccc(NC(=O)c2cc3c(s2)CCC3)cc1. The fourth-order valence-corrected chi connectivity index (χ4v) is 5.66. The second kappa shape index (κ2) is 7.27. The van der Waals surface area contributed by atoms with Crippen molar-refractivity contribution in [1.29, 1.82) is 0 Å². The molecule has 1 heterocycles. The molecule has 0 aliphatic heterocycles. The fourth-order valence-electron chi connectivity index (χ4n) is 3.06. The van der Waals surface area contributed by atoms with Crippen LogP contribution in [0.3, 0.4) is 0 Å². The Hall–Kier alpha value is -1.70. The highest BCUT2D eigenvalue weighted by Gasteiger charge is 2.22. The summed E-state index contributed by atoms with van der Waals surface area (Å²) in [4.78, 5) is 14.6. The van der Waals surface area contributed by atoms with Crippen LogP contribution in [-0.4, -0.2) is 31.7 Å². The molecule has 1 aliphatic carbocycles. The molecular formula is C18H22N2O3S2. The molecule has 25 heavy (non-hydrogen) atoms. The molecule has 1 aromatic carbocycles. The third kappa shape index (κ3) is 3.63. The molecule has 0 unspecified atom stereocenters. The lowest BCUT2D eigenvalue weighted by atomic mass is 10.2. The zero-order valence-electron chi connectivity index (χ0n) is 14.4. The molecule has 0 saturated carbocycles. The number of fused-ring (bicyclic) bond motifs is 1. The van der Waals surface area contributed by atoms with Gasteiger partial charge < -0.3 is 5.32 Å². The number of rotatable bonds is 6. The van der Waals surface area contributed by atoms with Crippen LogP contribution in [0.2, 0.25) is 0 Å². The number of anilines is 1. The van der Waals surface area contributed by atoms with Gasteiger partial charge in [0, 0.05) is 23.7 Å². The fraction of sp³-hybridized carbons (Fsp3) is 0.389. The normalized spacial score (nSPS) is 13.9. The zero-order chi connectivity index (χ0) is 18.0. The predicted molar refractivity (Wildman–Crippen MR) is 101 cm³/mol. The first-order valence-electron chi connectivity index (χ1n) is 8.48. The average Bonchev–Trinajstić information content (AvgIpc) is 3.18. The molecule has 1 amide bonds. The molecule has 3 rings (SSSR count). The van der Waals surface area contributed by atoms with Gasteiger partial charge in [-0.25, -0.2) is 8.42 Å². The maximum atomic E-state index is 12.5. The number of aryl methyl sites for hydroxylation is 2. The van der Waals surface area contributed by atoms with E-state index in [1.807, 2.05) is 19.9 Å². The number of hydrogen-bond acceptors (Lipinski definition) is 4. The lowest BCUT2D eigenvalue weighted by Crippen LogP contribution is -2.30. The van der Waals surface area contributed by atoms with E-state index in [-0.39, 0.29) is 10.8 Å². The van der Waals surface area contributed by atoms with Crippen LogP contribution < -0.4 is 5.32 Å². The molecule has 134 valence electrons. The average molecular weight is 379 g/mol. The summed E-state index contributed by atoms with van der Waals surface area (Å²) < 4.78 is 26.3. The number of hydrogen-bond donors (Lipinski definition) is 1. The van der Waals surface area contributed by atoms with Crippen molar-refractivity contribution >= 4 is 33.0 Å². The largest absolute Gasteiger partial charge is 0.321 e. The molecule has 0 bridgehead atoms. The highest BCUT2D eigenvalue weighted by atomic mass is 32.2. The second-order valence-electron chi connectivity index (χ2n) is 5.98. The maximum absolute atomic E-state index is 12.5. The Morgan fingerprint density at radius 2 is 1.84 bits per heavy atom. The Labute approximate surface area is 152 Å². The van der Waals surface area contributed by atoms with E-state index in [2.05, 4.69) is 5.32 Å². The van der Waals surface area contributed by atoms with Crippen LogP contribution in [0, 0.1) is 0 Å². The van der Waals surface area contributed by atoms with Crippen LogP contribution in [0.4, 0.5) is 5.69 Å². The molecule has 0 fully saturated rings. The Kier molecular flexibility index (Phi) is 5.27. The van der Waals surface area contributed by atoms with Crippen LogP contribution >= 0.6 is 11.3 Å². The van der Waals surface area contributed by atoms with E-state index >= 15 is 0 Å². The van der Waals surface area contributed by atoms with E-state index < -0.39 is 10.0 Å². The summed E-state index contributed by atoms with van der Waals surface area (Å²) in [6, 6.07) is 8.32. The van der Waals surface area contributed by atoms with Gasteiger partial charge in [0.05, 0.1) is 9.77 Å². The van der Waals surface area contributed by atoms with E-state index in [0.29, 0.717) is 23.7 Å². The Morgan fingerprint density at radius 1 is 1.16 bits per heavy atom. The first-order valence-corrected chi connectivity index (χ1v) is 10.7. The third-order valence-corrected chi connectivity index (χ3v) is 7.73. The van der Waals surface area contributed by atoms with Gasteiger partial charge in [0.25, 0.3) is 5.91 Å². The summed E-state index contributed by atoms with van der Waals surface area (Å²) >= 11 is 1.55. The summed E-state index contributed by atoms with van der Waals surface area (Å²) in [5.41, 5.74) is 1.88. The van der Waals surface area contributed by atoms with Crippen molar-refractivity contribution in [1.82, 2.24) is 4.31 Å². The van der Waals surface area contributed by atoms with Crippen molar-refractivity contribution < 1.29 is 13.2 Å². The monoisotopic (exact) mass is 378 g/mol. The minimum absolute atomic E-state index is 0.140. The standard InChI is InChI=1S/C18H22N2O3S2/c1-3-20(4-2)25(22,23)15-10-8-14(9-11-15)19-18(21)17-12-13-6-5-7-16(13)24-17/h8-12H,3-7H2,1-2H3,(H,19,21). The van der Waals surface area contributed by atoms with E-state index in [9.17, 15) is 13.2 Å². The molecule has 7 heteroatoms. The number of carbonyl (C=O) groups excluding carboxylic acids is 1. The van der Waals surface area contributed by atoms with Gasteiger partial charge in [-0.05, 0) is 55.2 Å². The van der Waals surface area contributed by atoms with Crippen molar-refractivity contribution in [2.45, 2.75) is 38.0 Å². The molecule has 5 nitrogen and oxygen atoms in total. The molecule has 1 aromatic heterocycles. The van der Waals surface area contributed by atoms with Gasteiger partial charge in [-0.3, -0.25) is 4.79 Å². The summed E-state index contributed by atoms with van der Waals surface area (Å²) in [5, 5.41) is 2.85. The number of thiophene rings is 1. The van der Waals surface area contributed by atoms with Gasteiger partial charge in [0.2, 0.25) is 10.0 Å². The highest BCUT2D eigenvalue weighted by molar-refractivity contribution is 7.89. The van der Waals surface area contributed by atoms with Gasteiger partial charge in [0.1, 0.15) is 0 Å². The number of carbonyl (C=O) groups is 1. The number of amides is 1. The second-order valence-corrected chi connectivity index (χ2v) is 9.06. The van der Waals surface area contributed by atoms with Gasteiger partial charge in [0.15, 0.2) is 0 Å². The van der Waals surface area contributed by atoms with Crippen LogP contribution in [0.1, 0.15) is 40.4 Å². The minimum Gasteiger partial charge on any atom is -0.321 e. The molecule has 0 saturated heterocycles. The summed E-state index contributed by atoms with van der Waals surface area (Å²) in [6.45, 7) is 4.49. The maximum Gasteiger partial charge on any atom is 0.265 e. The molecule has 1 aliphatic rings. The molecular weight excluding hydrogens is 356 g/mol. The number of nitrogens with zero attached hydrogens (tertiary/aromatic N) is 1. The van der Waals surface area contributed by atoms with Crippen LogP contribution in [0.5, 0.6) is 0 Å². The van der Waals surface area contributed by atoms with E-state index in [1.54, 1.807) is 23.5 Å². The molecule has 2 aromatic rings. The first-order chi connectivity index (χ1) is 12.0. The van der Waals surface area contributed by atoms with Crippen LogP contribution in [0.25, 0.3) is 0 Å². The van der Waals surface area contributed by atoms with E-state index in [0.717, 1.165) is 12.8 Å². The Morgan fingerprint density at radius 3 is 2.44 bits per heavy atom. The number of nitrogens with one attached hydrogen (secondary N) is 1. The van der Waals surface area contributed by atoms with Crippen molar-refractivity contribution in [3.63, 3.8) is 0 Å². The third-order valence-electron chi connectivity index (χ3n) is 4.43. The highest BCUT2D eigenvalue weighted by Crippen LogP contribution is 2.31. The summed E-state index contributed by atoms with van der Waals surface area (Å²) in [7, 11) is -3.47. The van der Waals surface area contributed by atoms with Gasteiger partial charge >= 0.3 is 0 Å².